The molecule has 0 saturated carbocycles. The molecule has 0 aromatic heterocycles. The Bertz CT molecular complexity index is 6260. The molecule has 0 N–H and O–H groups in total. The highest BCUT2D eigenvalue weighted by molar-refractivity contribution is 7.98. The Morgan fingerprint density at radius 2 is 0.326 bits per heavy atom. The van der Waals surface area contributed by atoms with Crippen LogP contribution in [0.2, 0.25) is 0 Å². The molecule has 0 aliphatic carbocycles. The normalized spacial score (nSPS) is 12.0. The summed E-state index contributed by atoms with van der Waals surface area (Å²) in [4.78, 5) is 12.6. The molecular formula is C105H84F21O7S5+5. The summed E-state index contributed by atoms with van der Waals surface area (Å²) in [6.07, 6.45) is -33.4. The lowest BCUT2D eigenvalue weighted by Crippen LogP contribution is -2.19. The van der Waals surface area contributed by atoms with Crippen molar-refractivity contribution in [3.8, 4) is 40.2 Å². The van der Waals surface area contributed by atoms with Crippen LogP contribution in [0.25, 0.3) is 0 Å². The van der Waals surface area contributed by atoms with Crippen LogP contribution >= 0.6 is 0 Å². The molecule has 0 amide bonds. The number of hydrogen-bond acceptors (Lipinski definition) is 7. The van der Waals surface area contributed by atoms with Crippen molar-refractivity contribution in [3.05, 3.63) is 408 Å². The second kappa shape index (κ2) is 46.6. The fraction of sp³-hybridized carbons (Fsp3) is 0.143. The third kappa shape index (κ3) is 33.8. The molecule has 0 heterocycles. The second-order valence-corrected chi connectivity index (χ2v) is 40.3. The fourth-order valence-corrected chi connectivity index (χ4v) is 24.4. The number of para-hydroxylation sites is 1. The first-order valence-corrected chi connectivity index (χ1v) is 47.3. The first-order chi connectivity index (χ1) is 65.0. The molecule has 33 heteroatoms. The molecule has 0 saturated heterocycles. The molecule has 1 unspecified atom stereocenters. The van der Waals surface area contributed by atoms with Gasteiger partial charge in [-0.2, -0.15) is 0 Å². The highest BCUT2D eigenvalue weighted by atomic mass is 32.2. The maximum Gasteiger partial charge on any atom is 0.573 e. The first-order valence-electron chi connectivity index (χ1n) is 41.2. The third-order valence-corrected chi connectivity index (χ3v) is 29.9. The zero-order chi connectivity index (χ0) is 100. The molecule has 0 fully saturated rings. The number of benzene rings is 15. The lowest BCUT2D eigenvalue weighted by molar-refractivity contribution is -0.276. The minimum Gasteiger partial charge on any atom is -0.406 e. The maximum atomic E-state index is 12.9. The van der Waals surface area contributed by atoms with Gasteiger partial charge in [0.2, 0.25) is 4.90 Å². The summed E-state index contributed by atoms with van der Waals surface area (Å²) in [5, 5.41) is 0. The van der Waals surface area contributed by atoms with Gasteiger partial charge < -0.3 is 33.2 Å². The summed E-state index contributed by atoms with van der Waals surface area (Å²) >= 11 is 0. The van der Waals surface area contributed by atoms with Gasteiger partial charge in [0.1, 0.15) is 45.4 Å². The van der Waals surface area contributed by atoms with Gasteiger partial charge in [-0.15, -0.1) is 92.2 Å². The van der Waals surface area contributed by atoms with Crippen LogP contribution in [0.15, 0.2) is 437 Å². The van der Waals surface area contributed by atoms with Crippen molar-refractivity contribution >= 4 is 54.5 Å². The number of aryl methyl sites for hydroxylation is 8. The van der Waals surface area contributed by atoms with E-state index in [4.69, 9.17) is 0 Å². The van der Waals surface area contributed by atoms with Crippen molar-refractivity contribution in [2.45, 2.75) is 173 Å². The maximum absolute atomic E-state index is 12.9. The number of halogens is 21. The molecule has 15 aromatic rings. The molecule has 0 radical (unpaired) electrons. The van der Waals surface area contributed by atoms with Gasteiger partial charge in [0.05, 0.1) is 43.6 Å². The molecule has 138 heavy (non-hydrogen) atoms. The molecular weight excluding hydrogens is 1930 g/mol. The topological polar surface area (TPSA) is 64.6 Å². The molecule has 7 nitrogen and oxygen atoms in total. The Morgan fingerprint density at radius 1 is 0.145 bits per heavy atom. The van der Waals surface area contributed by atoms with Gasteiger partial charge in [-0.3, -0.25) is 0 Å². The van der Waals surface area contributed by atoms with Gasteiger partial charge in [0.15, 0.2) is 74.3 Å². The van der Waals surface area contributed by atoms with Crippen molar-refractivity contribution in [1.29, 1.82) is 0 Å². The van der Waals surface area contributed by atoms with E-state index < -0.39 is 99.0 Å². The van der Waals surface area contributed by atoms with Gasteiger partial charge in [0.25, 0.3) is 0 Å². The summed E-state index contributed by atoms with van der Waals surface area (Å²) in [5.74, 6) is -2.04. The summed E-state index contributed by atoms with van der Waals surface area (Å²) in [5.41, 5.74) is 8.62. The lowest BCUT2D eigenvalue weighted by Gasteiger charge is -2.14. The van der Waals surface area contributed by atoms with Crippen molar-refractivity contribution in [3.63, 3.8) is 0 Å². The van der Waals surface area contributed by atoms with Crippen molar-refractivity contribution in [1.82, 2.24) is 0 Å². The molecule has 0 aliphatic rings. The van der Waals surface area contributed by atoms with Crippen LogP contribution in [0.1, 0.15) is 44.5 Å². The number of ether oxygens (including phenoxy) is 7. The molecule has 0 bridgehead atoms. The SMILES string of the molecule is Cc1ccc([S+](c2ccc(OC(F)(F)F)cc2)c2ccc(OC(F)(F)F)cc2)cc1.Cc1ccc([S+](c2ccc(OC(F)(F)F)cc2)c2cccc(OC(F)(F)F)c2)cc1.Cc1cccc([S+](c2ccc(OC(F)(F)F)cc2)c2cccc(C)c2)c1.Cc1cccc([S+](c2cccc(C)c2)c2cccc(OC(F)(F)F)c2)c1.Cc1cccc([S+](c2cccc(C)c2)c2ccccc2OC(F)(F)F)c1. The average Bonchev–Trinajstić information content (AvgIpc) is 0.784. The summed E-state index contributed by atoms with van der Waals surface area (Å²) in [6.45, 7) is 15.8. The van der Waals surface area contributed by atoms with E-state index in [1.165, 1.54) is 121 Å². The Labute approximate surface area is 796 Å². The van der Waals surface area contributed by atoms with Crippen LogP contribution in [0.4, 0.5) is 92.2 Å². The van der Waals surface area contributed by atoms with Gasteiger partial charge in [-0.1, -0.05) is 132 Å². The van der Waals surface area contributed by atoms with Crippen LogP contribution in [0.5, 0.6) is 40.2 Å². The van der Waals surface area contributed by atoms with Gasteiger partial charge in [-0.25, -0.2) is 0 Å². The quantitative estimate of drug-likeness (QED) is 0.0495. The molecule has 1 atom stereocenters. The first kappa shape index (κ1) is 106. The fourth-order valence-electron chi connectivity index (χ4n) is 13.4. The minimum atomic E-state index is -4.84. The number of hydrogen-bond donors (Lipinski definition) is 0. The largest absolute Gasteiger partial charge is 0.573 e. The molecule has 15 rings (SSSR count). The van der Waals surface area contributed by atoms with E-state index >= 15 is 0 Å². The lowest BCUT2D eigenvalue weighted by atomic mass is 10.2. The van der Waals surface area contributed by atoms with Crippen LogP contribution in [0.3, 0.4) is 0 Å². The Hall–Kier alpha value is -12.8. The Morgan fingerprint density at radius 3 is 0.558 bits per heavy atom. The smallest absolute Gasteiger partial charge is 0.406 e. The van der Waals surface area contributed by atoms with E-state index in [-0.39, 0.29) is 40.2 Å². The molecule has 0 spiro atoms. The van der Waals surface area contributed by atoms with Crippen molar-refractivity contribution in [2.24, 2.45) is 0 Å². The minimum absolute atomic E-state index is 0.161. The molecule has 718 valence electrons. The Balaban J connectivity index is 0.000000166. The second-order valence-electron chi connectivity index (χ2n) is 30.2. The van der Waals surface area contributed by atoms with Gasteiger partial charge >= 0.3 is 44.5 Å². The summed E-state index contributed by atoms with van der Waals surface area (Å²) < 4.78 is 291. The van der Waals surface area contributed by atoms with E-state index in [0.717, 1.165) is 93.5 Å². The monoisotopic (exact) mass is 2020 g/mol. The predicted octanol–water partition coefficient (Wildman–Crippen LogP) is 32.7. The molecule has 0 aliphatic heterocycles. The highest BCUT2D eigenvalue weighted by Gasteiger charge is 2.42. The van der Waals surface area contributed by atoms with Crippen LogP contribution in [-0.2, 0) is 54.5 Å². The van der Waals surface area contributed by atoms with Crippen LogP contribution < -0.4 is 33.2 Å². The summed E-state index contributed by atoms with van der Waals surface area (Å²) in [6, 6.07) is 104. The summed E-state index contributed by atoms with van der Waals surface area (Å²) in [7, 11) is -3.27. The predicted molar refractivity (Wildman–Crippen MR) is 492 cm³/mol. The zero-order valence-corrected chi connectivity index (χ0v) is 78.1. The van der Waals surface area contributed by atoms with E-state index in [9.17, 15) is 92.2 Å². The number of rotatable bonds is 22. The highest BCUT2D eigenvalue weighted by Crippen LogP contribution is 2.44. The Kier molecular flexibility index (Phi) is 35.6. The standard InChI is InChI=1S/2C21H15F6O2S.3C21H18F3OS/c1-14-2-8-17(9-3-14)30(18-10-4-15(5-11-18)28-20(22,23)24)19-12-6-16(7-13-19)29-21(25,26)27;1-14-5-9-17(10-6-14)30(18-11-7-15(8-12-18)28-20(22,23)24)19-4-2-3-16(13-19)29-21(25,26)27;1-15-6-3-9-18(12-15)26(19-10-4-7-16(2)13-19)20-11-5-8-17(14-20)25-21(22,23)24;1-15-5-3-7-19(13-15)26(20-8-4-6-16(2)14-20)18-11-9-17(10-12-18)25-21(22,23)24;1-15-7-5-9-17(13-15)26(18-10-6-8-16(2)14-18)20-12-4-3-11-19(20)25-21(22,23)24/h2*2-13H,1H3;3*3-14H,1-2H3/q5*+1. The average molecular weight is 2020 g/mol. The van der Waals surface area contributed by atoms with Gasteiger partial charge in [0, 0.05) is 12.1 Å². The van der Waals surface area contributed by atoms with E-state index in [1.54, 1.807) is 42.5 Å². The molecule has 15 aromatic carbocycles. The van der Waals surface area contributed by atoms with E-state index in [0.29, 0.717) is 24.5 Å². The van der Waals surface area contributed by atoms with Crippen LogP contribution in [0, 0.1) is 55.4 Å². The zero-order valence-electron chi connectivity index (χ0n) is 74.0. The van der Waals surface area contributed by atoms with Crippen molar-refractivity contribution in [2.75, 3.05) is 0 Å². The van der Waals surface area contributed by atoms with Crippen LogP contribution in [-0.4, -0.2) is 44.5 Å². The van der Waals surface area contributed by atoms with E-state index in [2.05, 4.69) is 69.6 Å². The van der Waals surface area contributed by atoms with Gasteiger partial charge in [-0.05, 0) is 319 Å². The van der Waals surface area contributed by atoms with Crippen molar-refractivity contribution < 1.29 is 125 Å². The van der Waals surface area contributed by atoms with E-state index in [1.807, 2.05) is 219 Å². The number of alkyl halides is 21. The third-order valence-electron chi connectivity index (χ3n) is 18.9.